The maximum Gasteiger partial charge on any atom is 0.0484 e. The number of unbranched alkanes of at least 4 members (excludes halogenated alkanes) is 5. The van der Waals surface area contributed by atoms with Crippen LogP contribution in [0.2, 0.25) is 0 Å². The van der Waals surface area contributed by atoms with E-state index in [9.17, 15) is 10.2 Å². The molecule has 0 aromatic carbocycles. The number of hydrogen-bond acceptors (Lipinski definition) is 2. The highest BCUT2D eigenvalue weighted by Crippen LogP contribution is 2.29. The predicted molar refractivity (Wildman–Crippen MR) is 87.9 cm³/mol. The van der Waals surface area contributed by atoms with Crippen molar-refractivity contribution in [1.29, 1.82) is 0 Å². The van der Waals surface area contributed by atoms with Crippen molar-refractivity contribution in [1.82, 2.24) is 0 Å². The summed E-state index contributed by atoms with van der Waals surface area (Å²) in [5, 5.41) is 18.7. The van der Waals surface area contributed by atoms with E-state index in [4.69, 9.17) is 0 Å². The highest BCUT2D eigenvalue weighted by atomic mass is 16.3. The normalized spacial score (nSPS) is 17.7. The molecule has 2 unspecified atom stereocenters. The summed E-state index contributed by atoms with van der Waals surface area (Å²) in [5.74, 6) is 0. The first-order valence-electron chi connectivity index (χ1n) is 8.67. The summed E-state index contributed by atoms with van der Waals surface area (Å²) in [6, 6.07) is 0. The summed E-state index contributed by atoms with van der Waals surface area (Å²) in [5.41, 5.74) is 0.286. The number of hydrogen-bond donors (Lipinski definition) is 2. The van der Waals surface area contributed by atoms with E-state index in [1.807, 2.05) is 0 Å². The molecule has 0 radical (unpaired) electrons. The molecule has 0 aliphatic carbocycles. The van der Waals surface area contributed by atoms with E-state index < -0.39 is 0 Å². The maximum atomic E-state index is 9.36. The molecule has 2 atom stereocenters. The number of rotatable bonds is 13. The average molecular weight is 286 g/mol. The fourth-order valence-corrected chi connectivity index (χ4v) is 2.55. The molecule has 0 saturated heterocycles. The lowest BCUT2D eigenvalue weighted by Crippen LogP contribution is -2.20. The second kappa shape index (κ2) is 10.6. The molecule has 2 N–H and O–H groups in total. The van der Waals surface area contributed by atoms with Crippen molar-refractivity contribution in [3.63, 3.8) is 0 Å². The predicted octanol–water partition coefficient (Wildman–Crippen LogP) is 4.92. The van der Waals surface area contributed by atoms with Crippen molar-refractivity contribution >= 4 is 0 Å². The Bertz CT molecular complexity index is 193. The molecule has 0 rings (SSSR count). The maximum absolute atomic E-state index is 9.36. The van der Waals surface area contributed by atoms with Crippen molar-refractivity contribution in [3.8, 4) is 0 Å². The van der Waals surface area contributed by atoms with Gasteiger partial charge in [-0.05, 0) is 36.5 Å². The highest BCUT2D eigenvalue weighted by Gasteiger charge is 2.20. The fourth-order valence-electron chi connectivity index (χ4n) is 2.55. The first-order valence-corrected chi connectivity index (χ1v) is 8.67. The van der Waals surface area contributed by atoms with Gasteiger partial charge in [0, 0.05) is 13.2 Å². The molecule has 0 aromatic heterocycles. The molecule has 0 aromatic rings. The van der Waals surface area contributed by atoms with Gasteiger partial charge in [0.25, 0.3) is 0 Å². The van der Waals surface area contributed by atoms with E-state index in [0.717, 1.165) is 25.7 Å². The van der Waals surface area contributed by atoms with Gasteiger partial charge in [0.15, 0.2) is 0 Å². The molecule has 0 saturated carbocycles. The van der Waals surface area contributed by atoms with Crippen molar-refractivity contribution < 1.29 is 10.2 Å². The third kappa shape index (κ3) is 8.26. The van der Waals surface area contributed by atoms with Crippen molar-refractivity contribution in [2.45, 2.75) is 91.9 Å². The highest BCUT2D eigenvalue weighted by molar-refractivity contribution is 4.72. The zero-order chi connectivity index (χ0) is 15.5. The monoisotopic (exact) mass is 286 g/mol. The Morgan fingerprint density at radius 1 is 0.600 bits per heavy atom. The lowest BCUT2D eigenvalue weighted by molar-refractivity contribution is 0.123. The van der Waals surface area contributed by atoms with Crippen molar-refractivity contribution in [2.75, 3.05) is 13.2 Å². The largest absolute Gasteiger partial charge is 0.396 e. The van der Waals surface area contributed by atoms with Gasteiger partial charge in [-0.2, -0.15) is 0 Å². The van der Waals surface area contributed by atoms with Crippen LogP contribution in [0.5, 0.6) is 0 Å². The van der Waals surface area contributed by atoms with E-state index >= 15 is 0 Å². The molecule has 0 aliphatic rings. The van der Waals surface area contributed by atoms with Crippen LogP contribution in [0, 0.1) is 10.8 Å². The van der Waals surface area contributed by atoms with Crippen LogP contribution in [-0.2, 0) is 0 Å². The minimum absolute atomic E-state index is 0.143. The van der Waals surface area contributed by atoms with Gasteiger partial charge in [0.2, 0.25) is 0 Å². The molecule has 0 amide bonds. The van der Waals surface area contributed by atoms with E-state index in [0.29, 0.717) is 13.2 Å². The van der Waals surface area contributed by atoms with Crippen LogP contribution in [0.3, 0.4) is 0 Å². The smallest absolute Gasteiger partial charge is 0.0484 e. The second-order valence-electron chi connectivity index (χ2n) is 7.27. The van der Waals surface area contributed by atoms with Gasteiger partial charge < -0.3 is 10.2 Å². The zero-order valence-corrected chi connectivity index (χ0v) is 14.4. The van der Waals surface area contributed by atoms with Crippen molar-refractivity contribution in [3.05, 3.63) is 0 Å². The standard InChI is InChI=1S/C18H38O2/c1-5-17(3,15-19)13-11-9-7-8-10-12-14-18(4,6-2)16-20/h19-20H,5-16H2,1-4H3. The molecule has 20 heavy (non-hydrogen) atoms. The molecular weight excluding hydrogens is 248 g/mol. The van der Waals surface area contributed by atoms with Gasteiger partial charge in [-0.15, -0.1) is 0 Å². The Balaban J connectivity index is 3.50. The Labute approximate surface area is 127 Å². The lowest BCUT2D eigenvalue weighted by atomic mass is 9.82. The van der Waals surface area contributed by atoms with Gasteiger partial charge in [0.05, 0.1) is 0 Å². The van der Waals surface area contributed by atoms with Gasteiger partial charge in [-0.1, -0.05) is 66.2 Å². The number of aliphatic hydroxyl groups is 2. The van der Waals surface area contributed by atoms with E-state index in [1.54, 1.807) is 0 Å². The van der Waals surface area contributed by atoms with Gasteiger partial charge in [-0.3, -0.25) is 0 Å². The first-order chi connectivity index (χ1) is 9.45. The summed E-state index contributed by atoms with van der Waals surface area (Å²) in [6.45, 7) is 9.35. The molecule has 122 valence electrons. The van der Waals surface area contributed by atoms with Crippen LogP contribution in [0.15, 0.2) is 0 Å². The quantitative estimate of drug-likeness (QED) is 0.472. The molecule has 0 bridgehead atoms. The van der Waals surface area contributed by atoms with Crippen LogP contribution in [0.1, 0.15) is 91.9 Å². The SMILES string of the molecule is CCC(C)(CO)CCCCCCCCC(C)(CC)CO. The Morgan fingerprint density at radius 3 is 1.15 bits per heavy atom. The summed E-state index contributed by atoms with van der Waals surface area (Å²) < 4.78 is 0. The zero-order valence-electron chi connectivity index (χ0n) is 14.4. The topological polar surface area (TPSA) is 40.5 Å². The van der Waals surface area contributed by atoms with Crippen LogP contribution >= 0.6 is 0 Å². The molecule has 2 nitrogen and oxygen atoms in total. The lowest BCUT2D eigenvalue weighted by Gasteiger charge is -2.25. The van der Waals surface area contributed by atoms with Gasteiger partial charge in [-0.25, -0.2) is 0 Å². The van der Waals surface area contributed by atoms with Gasteiger partial charge >= 0.3 is 0 Å². The van der Waals surface area contributed by atoms with Crippen LogP contribution in [-0.4, -0.2) is 23.4 Å². The minimum atomic E-state index is 0.143. The van der Waals surface area contributed by atoms with Crippen LogP contribution < -0.4 is 0 Å². The fraction of sp³-hybridized carbons (Fsp3) is 1.00. The molecule has 2 heteroatoms. The molecule has 0 spiro atoms. The molecular formula is C18H38O2. The Hall–Kier alpha value is -0.0800. The average Bonchev–Trinajstić information content (AvgIpc) is 2.49. The summed E-state index contributed by atoms with van der Waals surface area (Å²) in [6.07, 6.45) is 12.1. The van der Waals surface area contributed by atoms with Crippen molar-refractivity contribution in [2.24, 2.45) is 10.8 Å². The summed E-state index contributed by atoms with van der Waals surface area (Å²) in [7, 11) is 0. The van der Waals surface area contributed by atoms with Crippen LogP contribution in [0.25, 0.3) is 0 Å². The van der Waals surface area contributed by atoms with E-state index in [1.165, 1.54) is 38.5 Å². The Kier molecular flexibility index (Phi) is 10.6. The Morgan fingerprint density at radius 2 is 0.900 bits per heavy atom. The minimum Gasteiger partial charge on any atom is -0.396 e. The van der Waals surface area contributed by atoms with Gasteiger partial charge in [0.1, 0.15) is 0 Å². The third-order valence-corrected chi connectivity index (χ3v) is 5.28. The molecule has 0 heterocycles. The van der Waals surface area contributed by atoms with E-state index in [2.05, 4.69) is 27.7 Å². The van der Waals surface area contributed by atoms with E-state index in [-0.39, 0.29) is 10.8 Å². The summed E-state index contributed by atoms with van der Waals surface area (Å²) >= 11 is 0. The third-order valence-electron chi connectivity index (χ3n) is 5.28. The summed E-state index contributed by atoms with van der Waals surface area (Å²) in [4.78, 5) is 0. The first kappa shape index (κ1) is 19.9. The molecule has 0 fully saturated rings. The van der Waals surface area contributed by atoms with Crippen LogP contribution in [0.4, 0.5) is 0 Å². The second-order valence-corrected chi connectivity index (χ2v) is 7.27. The number of aliphatic hydroxyl groups excluding tert-OH is 2. The molecule has 0 aliphatic heterocycles.